The fourth-order valence-electron chi connectivity index (χ4n) is 0. The van der Waals surface area contributed by atoms with Crippen LogP contribution in [0, 0.1) is 5.92 Å². The standard InChI is InChI=1S/C4H9.C3H7O.2Li/c1-4(2)3;1-3(2)4;;/h1-3H3;3H,1-2H3;;/q2*-1;2*+1. The SMILES string of the molecule is CC(C)[O-].C[C-](C)C.[Li+].[Li+]. The number of rotatable bonds is 0. The van der Waals surface area contributed by atoms with E-state index in [0.29, 0.717) is 0 Å². The van der Waals surface area contributed by atoms with Crippen LogP contribution >= 0.6 is 0 Å². The first-order valence-electron chi connectivity index (χ1n) is 2.89. The van der Waals surface area contributed by atoms with Crippen molar-refractivity contribution in [1.29, 1.82) is 0 Å². The Morgan fingerprint density at radius 2 is 1.00 bits per heavy atom. The Hall–Kier alpha value is 1.15. The first kappa shape index (κ1) is 22.5. The molecule has 52 valence electrons. The summed E-state index contributed by atoms with van der Waals surface area (Å²) in [7, 11) is 0. The van der Waals surface area contributed by atoms with Gasteiger partial charge >= 0.3 is 37.7 Å². The molecule has 1 nitrogen and oxygen atoms in total. The van der Waals surface area contributed by atoms with Crippen LogP contribution in [0.4, 0.5) is 0 Å². The zero-order chi connectivity index (χ0) is 7.15. The van der Waals surface area contributed by atoms with E-state index < -0.39 is 6.10 Å². The molecule has 0 fully saturated rings. The van der Waals surface area contributed by atoms with Gasteiger partial charge in [0.05, 0.1) is 0 Å². The fraction of sp³-hybridized carbons (Fsp3) is 0.857. The van der Waals surface area contributed by atoms with Gasteiger partial charge < -0.3 is 11.0 Å². The summed E-state index contributed by atoms with van der Waals surface area (Å²) in [5.74, 6) is 1.42. The largest absolute Gasteiger partial charge is 1.00 e. The van der Waals surface area contributed by atoms with Crippen LogP contribution < -0.4 is 42.8 Å². The molecule has 0 saturated heterocycles. The Bertz CT molecular complexity index is 27.1. The van der Waals surface area contributed by atoms with Crippen molar-refractivity contribution < 1.29 is 42.8 Å². The van der Waals surface area contributed by atoms with Gasteiger partial charge in [0.15, 0.2) is 0 Å². The van der Waals surface area contributed by atoms with Gasteiger partial charge in [-0.15, -0.1) is 6.10 Å². The molecule has 0 heterocycles. The van der Waals surface area contributed by atoms with Gasteiger partial charge in [-0.05, 0) is 0 Å². The third kappa shape index (κ3) is 457. The molecular formula is C7H16Li2O. The van der Waals surface area contributed by atoms with Crippen molar-refractivity contribution in [3.8, 4) is 0 Å². The Balaban J connectivity index is -0.0000000300. The third-order valence-electron chi connectivity index (χ3n) is 0. The van der Waals surface area contributed by atoms with Gasteiger partial charge in [0.2, 0.25) is 0 Å². The molecule has 0 aromatic rings. The first-order chi connectivity index (χ1) is 3.46. The van der Waals surface area contributed by atoms with E-state index in [1.165, 1.54) is 5.92 Å². The fourth-order valence-corrected chi connectivity index (χ4v) is 0. The Kier molecular flexibility index (Phi) is 37.4. The molecule has 0 saturated carbocycles. The second kappa shape index (κ2) is 16.6. The summed E-state index contributed by atoms with van der Waals surface area (Å²) in [5.41, 5.74) is 0. The minimum atomic E-state index is -0.417. The van der Waals surface area contributed by atoms with Crippen molar-refractivity contribution in [1.82, 2.24) is 0 Å². The third-order valence-corrected chi connectivity index (χ3v) is 0. The van der Waals surface area contributed by atoms with Gasteiger partial charge in [0.25, 0.3) is 0 Å². The summed E-state index contributed by atoms with van der Waals surface area (Å²) in [6.45, 7) is 9.47. The molecular weight excluding hydrogens is 114 g/mol. The zero-order valence-electron chi connectivity index (χ0n) is 8.49. The van der Waals surface area contributed by atoms with Gasteiger partial charge in [-0.1, -0.05) is 13.8 Å². The van der Waals surface area contributed by atoms with E-state index in [1.807, 2.05) is 0 Å². The van der Waals surface area contributed by atoms with Crippen LogP contribution in [-0.4, -0.2) is 6.10 Å². The van der Waals surface area contributed by atoms with E-state index in [2.05, 4.69) is 20.8 Å². The van der Waals surface area contributed by atoms with Crippen LogP contribution in [0.5, 0.6) is 0 Å². The monoisotopic (exact) mass is 130 g/mol. The molecule has 0 N–H and O–H groups in total. The Morgan fingerprint density at radius 3 is 1.00 bits per heavy atom. The van der Waals surface area contributed by atoms with Gasteiger partial charge in [-0.2, -0.15) is 20.8 Å². The predicted molar refractivity (Wildman–Crippen MR) is 35.4 cm³/mol. The molecule has 0 rings (SSSR count). The smallest absolute Gasteiger partial charge is 0.852 e. The van der Waals surface area contributed by atoms with Crippen molar-refractivity contribution in [3.63, 3.8) is 0 Å². The van der Waals surface area contributed by atoms with Crippen LogP contribution in [0.2, 0.25) is 0 Å². The van der Waals surface area contributed by atoms with Gasteiger partial charge in [-0.3, -0.25) is 0 Å². The second-order valence-corrected chi connectivity index (χ2v) is 2.55. The first-order valence-corrected chi connectivity index (χ1v) is 2.89. The maximum atomic E-state index is 9.53. The molecule has 0 spiro atoms. The van der Waals surface area contributed by atoms with E-state index in [4.69, 9.17) is 0 Å². The minimum absolute atomic E-state index is 0. The van der Waals surface area contributed by atoms with E-state index in [0.717, 1.165) is 0 Å². The molecule has 10 heavy (non-hydrogen) atoms. The van der Waals surface area contributed by atoms with Crippen LogP contribution in [0.3, 0.4) is 0 Å². The van der Waals surface area contributed by atoms with Crippen molar-refractivity contribution >= 4 is 0 Å². The molecule has 0 aliphatic heterocycles. The minimum Gasteiger partial charge on any atom is -0.852 e. The van der Waals surface area contributed by atoms with Crippen molar-refractivity contribution in [2.45, 2.75) is 40.7 Å². The maximum Gasteiger partial charge on any atom is 1.00 e. The summed E-state index contributed by atoms with van der Waals surface area (Å²) in [4.78, 5) is 0. The summed E-state index contributed by atoms with van der Waals surface area (Å²) in [6.07, 6.45) is -0.417. The summed E-state index contributed by atoms with van der Waals surface area (Å²) < 4.78 is 0. The predicted octanol–water partition coefficient (Wildman–Crippen LogP) is -4.62. The topological polar surface area (TPSA) is 23.1 Å². The molecule has 0 amide bonds. The van der Waals surface area contributed by atoms with Crippen LogP contribution in [0.25, 0.3) is 0 Å². The van der Waals surface area contributed by atoms with Crippen molar-refractivity contribution in [3.05, 3.63) is 5.92 Å². The molecule has 0 aliphatic rings. The molecule has 0 radical (unpaired) electrons. The molecule has 0 bridgehead atoms. The number of hydrogen-bond acceptors (Lipinski definition) is 1. The van der Waals surface area contributed by atoms with E-state index in [-0.39, 0.29) is 37.7 Å². The van der Waals surface area contributed by atoms with E-state index in [1.54, 1.807) is 13.8 Å². The second-order valence-electron chi connectivity index (χ2n) is 2.55. The van der Waals surface area contributed by atoms with Gasteiger partial charge in [0, 0.05) is 0 Å². The Morgan fingerprint density at radius 1 is 1.00 bits per heavy atom. The molecule has 0 atom stereocenters. The Labute approximate surface area is 89.3 Å². The average molecular weight is 130 g/mol. The van der Waals surface area contributed by atoms with Crippen molar-refractivity contribution in [2.75, 3.05) is 0 Å². The molecule has 0 unspecified atom stereocenters. The van der Waals surface area contributed by atoms with Crippen LogP contribution in [0.1, 0.15) is 34.6 Å². The number of hydrogen-bond donors (Lipinski definition) is 0. The normalized spacial score (nSPS) is 7.20. The van der Waals surface area contributed by atoms with E-state index >= 15 is 0 Å². The average Bonchev–Trinajstić information content (AvgIpc) is 1.25. The molecule has 3 heteroatoms. The zero-order valence-corrected chi connectivity index (χ0v) is 8.49. The maximum absolute atomic E-state index is 9.53. The van der Waals surface area contributed by atoms with Gasteiger partial charge in [-0.25, -0.2) is 0 Å². The van der Waals surface area contributed by atoms with Gasteiger partial charge in [0.1, 0.15) is 0 Å². The summed E-state index contributed by atoms with van der Waals surface area (Å²) >= 11 is 0. The molecule has 0 aromatic heterocycles. The summed E-state index contributed by atoms with van der Waals surface area (Å²) in [5, 5.41) is 9.53. The van der Waals surface area contributed by atoms with Crippen LogP contribution in [0.15, 0.2) is 0 Å². The van der Waals surface area contributed by atoms with E-state index in [9.17, 15) is 5.11 Å². The molecule has 0 aromatic carbocycles. The summed E-state index contributed by atoms with van der Waals surface area (Å²) in [6, 6.07) is 0. The van der Waals surface area contributed by atoms with Crippen LogP contribution in [-0.2, 0) is 0 Å². The van der Waals surface area contributed by atoms with Crippen molar-refractivity contribution in [2.24, 2.45) is 0 Å². The molecule has 0 aliphatic carbocycles. The quantitative estimate of drug-likeness (QED) is 0.239.